The van der Waals surface area contributed by atoms with Gasteiger partial charge in [0.15, 0.2) is 0 Å². The second kappa shape index (κ2) is 8.43. The number of fused-ring (bicyclic) bond motifs is 1. The molecular formula is C23H25FN4O2S. The number of rotatable bonds is 4. The number of carbonyl (C=O) groups is 1. The van der Waals surface area contributed by atoms with Crippen LogP contribution in [0.2, 0.25) is 0 Å². The minimum absolute atomic E-state index is 0.0735. The van der Waals surface area contributed by atoms with Gasteiger partial charge in [0, 0.05) is 44.7 Å². The summed E-state index contributed by atoms with van der Waals surface area (Å²) in [4.78, 5) is 17.8. The second-order valence-electron chi connectivity index (χ2n) is 8.14. The molecule has 0 spiro atoms. The predicted molar refractivity (Wildman–Crippen MR) is 120 cm³/mol. The number of benzene rings is 2. The van der Waals surface area contributed by atoms with Gasteiger partial charge in [-0.1, -0.05) is 12.1 Å². The summed E-state index contributed by atoms with van der Waals surface area (Å²) < 4.78 is 21.1. The number of ether oxygens (including phenoxy) is 1. The summed E-state index contributed by atoms with van der Waals surface area (Å²) in [5.74, 6) is 0.677. The van der Waals surface area contributed by atoms with E-state index in [4.69, 9.17) is 4.74 Å². The fourth-order valence-corrected chi connectivity index (χ4v) is 5.21. The Morgan fingerprint density at radius 3 is 2.58 bits per heavy atom. The molecule has 2 aromatic rings. The van der Waals surface area contributed by atoms with Crippen LogP contribution in [-0.2, 0) is 6.54 Å². The van der Waals surface area contributed by atoms with Crippen molar-refractivity contribution in [2.75, 3.05) is 51.3 Å². The minimum Gasteiger partial charge on any atom is -0.490 e. The first-order valence-electron chi connectivity index (χ1n) is 10.4. The monoisotopic (exact) mass is 440 g/mol. The van der Waals surface area contributed by atoms with E-state index in [1.165, 1.54) is 28.2 Å². The zero-order valence-corrected chi connectivity index (χ0v) is 18.3. The molecule has 0 bridgehead atoms. The Morgan fingerprint density at radius 1 is 1.10 bits per heavy atom. The van der Waals surface area contributed by atoms with E-state index in [9.17, 15) is 9.18 Å². The summed E-state index contributed by atoms with van der Waals surface area (Å²) in [6.07, 6.45) is 0. The topological polar surface area (TPSA) is 48.1 Å². The van der Waals surface area contributed by atoms with Gasteiger partial charge >= 0.3 is 6.03 Å². The van der Waals surface area contributed by atoms with Gasteiger partial charge in [0.25, 0.3) is 0 Å². The Morgan fingerprint density at radius 2 is 1.84 bits per heavy atom. The lowest BCUT2D eigenvalue weighted by Crippen LogP contribution is -2.40. The SMILES string of the molecule is CN1CCOc2ccc(SN3CC4=C(C3)CN(C(=O)NCc3ccc(F)cc3)C4)cc21. The van der Waals surface area contributed by atoms with Gasteiger partial charge in [-0.05, 0) is 59.0 Å². The molecule has 8 heteroatoms. The summed E-state index contributed by atoms with van der Waals surface area (Å²) in [6.45, 7) is 5.10. The first kappa shape index (κ1) is 20.2. The van der Waals surface area contributed by atoms with Crippen molar-refractivity contribution in [3.05, 3.63) is 65.0 Å². The molecule has 3 heterocycles. The molecule has 0 saturated heterocycles. The molecule has 2 aromatic carbocycles. The van der Waals surface area contributed by atoms with E-state index < -0.39 is 0 Å². The maximum Gasteiger partial charge on any atom is 0.318 e. The van der Waals surface area contributed by atoms with Crippen molar-refractivity contribution >= 4 is 23.7 Å². The minimum atomic E-state index is -0.270. The van der Waals surface area contributed by atoms with Crippen molar-refractivity contribution in [2.24, 2.45) is 0 Å². The van der Waals surface area contributed by atoms with Crippen molar-refractivity contribution in [3.63, 3.8) is 0 Å². The highest BCUT2D eigenvalue weighted by Gasteiger charge is 2.32. The third kappa shape index (κ3) is 4.36. The molecule has 6 nitrogen and oxygen atoms in total. The van der Waals surface area contributed by atoms with Crippen LogP contribution in [-0.4, -0.2) is 61.6 Å². The van der Waals surface area contributed by atoms with Gasteiger partial charge < -0.3 is 19.9 Å². The van der Waals surface area contributed by atoms with E-state index in [2.05, 4.69) is 39.8 Å². The maximum atomic E-state index is 13.0. The van der Waals surface area contributed by atoms with Crippen molar-refractivity contribution in [2.45, 2.75) is 11.4 Å². The van der Waals surface area contributed by atoms with E-state index in [-0.39, 0.29) is 11.8 Å². The van der Waals surface area contributed by atoms with Gasteiger partial charge in [-0.3, -0.25) is 0 Å². The average molecular weight is 441 g/mol. The molecule has 1 N–H and O–H groups in total. The third-order valence-electron chi connectivity index (χ3n) is 5.90. The highest BCUT2D eigenvalue weighted by atomic mass is 32.2. The number of urea groups is 1. The number of halogens is 1. The van der Waals surface area contributed by atoms with Crippen LogP contribution in [0.3, 0.4) is 0 Å². The Kier molecular flexibility index (Phi) is 5.50. The van der Waals surface area contributed by atoms with Crippen molar-refractivity contribution < 1.29 is 13.9 Å². The van der Waals surface area contributed by atoms with Crippen LogP contribution in [0.5, 0.6) is 5.75 Å². The molecule has 3 aliphatic heterocycles. The van der Waals surface area contributed by atoms with Gasteiger partial charge in [0.1, 0.15) is 18.2 Å². The van der Waals surface area contributed by atoms with E-state index in [1.54, 1.807) is 24.1 Å². The molecular weight excluding hydrogens is 415 g/mol. The standard InChI is InChI=1S/C23H25FN4O2S/c1-26-8-9-30-22-7-6-20(10-21(22)26)31-28-14-17-12-27(13-18(17)15-28)23(29)25-11-16-2-4-19(24)5-3-16/h2-7,10H,8-9,11-15H2,1H3,(H,25,29). The number of hydrogen-bond donors (Lipinski definition) is 1. The van der Waals surface area contributed by atoms with Crippen LogP contribution in [0.1, 0.15) is 5.56 Å². The van der Waals surface area contributed by atoms with Gasteiger partial charge in [0.05, 0.1) is 12.2 Å². The zero-order valence-electron chi connectivity index (χ0n) is 17.4. The van der Waals surface area contributed by atoms with Gasteiger partial charge in [-0.2, -0.15) is 0 Å². The summed E-state index contributed by atoms with van der Waals surface area (Å²) in [6, 6.07) is 12.5. The van der Waals surface area contributed by atoms with Gasteiger partial charge in [-0.25, -0.2) is 13.5 Å². The summed E-state index contributed by atoms with van der Waals surface area (Å²) in [7, 11) is 2.09. The van der Waals surface area contributed by atoms with E-state index >= 15 is 0 Å². The predicted octanol–water partition coefficient (Wildman–Crippen LogP) is 3.50. The van der Waals surface area contributed by atoms with Gasteiger partial charge in [-0.15, -0.1) is 0 Å². The number of amides is 2. The van der Waals surface area contributed by atoms with Crippen LogP contribution in [0.25, 0.3) is 0 Å². The quantitative estimate of drug-likeness (QED) is 0.583. The van der Waals surface area contributed by atoms with Crippen LogP contribution in [0, 0.1) is 5.82 Å². The normalized spacial score (nSPS) is 18.1. The third-order valence-corrected chi connectivity index (χ3v) is 6.88. The van der Waals surface area contributed by atoms with Crippen LogP contribution >= 0.6 is 11.9 Å². The molecule has 0 aliphatic carbocycles. The number of nitrogens with zero attached hydrogens (tertiary/aromatic N) is 3. The van der Waals surface area contributed by atoms with E-state index in [1.807, 2.05) is 4.90 Å². The zero-order chi connectivity index (χ0) is 21.4. The average Bonchev–Trinajstić information content (AvgIpc) is 3.32. The van der Waals surface area contributed by atoms with E-state index in [0.29, 0.717) is 19.6 Å². The number of carbonyl (C=O) groups excluding carboxylic acids is 1. The fraction of sp³-hybridized carbons (Fsp3) is 0.348. The highest BCUT2D eigenvalue weighted by molar-refractivity contribution is 7.97. The first-order valence-corrected chi connectivity index (χ1v) is 11.2. The van der Waals surface area contributed by atoms with Crippen molar-refractivity contribution in [3.8, 4) is 5.75 Å². The molecule has 0 atom stereocenters. The lowest BCUT2D eigenvalue weighted by molar-refractivity contribution is 0.208. The summed E-state index contributed by atoms with van der Waals surface area (Å²) in [5.41, 5.74) is 4.70. The Bertz CT molecular complexity index is 1010. The fourth-order valence-electron chi connectivity index (χ4n) is 4.18. The Hall–Kier alpha value is -2.71. The smallest absolute Gasteiger partial charge is 0.318 e. The molecule has 0 saturated carbocycles. The molecule has 0 aromatic heterocycles. The van der Waals surface area contributed by atoms with Gasteiger partial charge in [0.2, 0.25) is 0 Å². The molecule has 0 radical (unpaired) electrons. The number of likely N-dealkylation sites (N-methyl/N-ethyl adjacent to an activating group) is 1. The van der Waals surface area contributed by atoms with Crippen LogP contribution in [0.15, 0.2) is 58.5 Å². The number of hydrogen-bond acceptors (Lipinski definition) is 5. The largest absolute Gasteiger partial charge is 0.490 e. The molecule has 31 heavy (non-hydrogen) atoms. The first-order chi connectivity index (χ1) is 15.0. The molecule has 5 rings (SSSR count). The van der Waals surface area contributed by atoms with Crippen LogP contribution < -0.4 is 15.0 Å². The molecule has 0 unspecified atom stereocenters. The lowest BCUT2D eigenvalue weighted by atomic mass is 10.2. The Balaban J connectivity index is 1.12. The number of anilines is 1. The number of nitrogens with one attached hydrogen (secondary N) is 1. The molecule has 3 aliphatic rings. The highest BCUT2D eigenvalue weighted by Crippen LogP contribution is 2.38. The van der Waals surface area contributed by atoms with Crippen molar-refractivity contribution in [1.82, 2.24) is 14.5 Å². The lowest BCUT2D eigenvalue weighted by Gasteiger charge is -2.28. The molecule has 162 valence electrons. The Labute approximate surface area is 185 Å². The maximum absolute atomic E-state index is 13.0. The molecule has 0 fully saturated rings. The van der Waals surface area contributed by atoms with E-state index in [0.717, 1.165) is 43.2 Å². The summed E-state index contributed by atoms with van der Waals surface area (Å²) in [5, 5.41) is 2.94. The van der Waals surface area contributed by atoms with Crippen LogP contribution in [0.4, 0.5) is 14.9 Å². The molecule has 2 amide bonds. The van der Waals surface area contributed by atoms with Crippen molar-refractivity contribution in [1.29, 1.82) is 0 Å². The second-order valence-corrected chi connectivity index (χ2v) is 9.31. The summed E-state index contributed by atoms with van der Waals surface area (Å²) >= 11 is 1.76.